The van der Waals surface area contributed by atoms with Crippen LogP contribution in [-0.4, -0.2) is 17.0 Å². The van der Waals surface area contributed by atoms with E-state index in [1.165, 1.54) is 0 Å². The van der Waals surface area contributed by atoms with Crippen molar-refractivity contribution in [2.75, 3.05) is 17.7 Å². The molecule has 2 N–H and O–H groups in total. The SMILES string of the molecule is CCc1nc(NC)cc(Nc2cc(Cl)ccc2C)n1. The molecule has 0 spiro atoms. The Kier molecular flexibility index (Phi) is 4.22. The first kappa shape index (κ1) is 13.6. The molecule has 0 radical (unpaired) electrons. The van der Waals surface area contributed by atoms with E-state index in [-0.39, 0.29) is 0 Å². The van der Waals surface area contributed by atoms with Crippen molar-refractivity contribution in [3.05, 3.63) is 40.7 Å². The highest BCUT2D eigenvalue weighted by atomic mass is 35.5. The summed E-state index contributed by atoms with van der Waals surface area (Å²) in [4.78, 5) is 8.82. The van der Waals surface area contributed by atoms with E-state index in [0.717, 1.165) is 35.1 Å². The molecule has 4 nitrogen and oxygen atoms in total. The van der Waals surface area contributed by atoms with E-state index in [4.69, 9.17) is 11.6 Å². The van der Waals surface area contributed by atoms with E-state index in [1.54, 1.807) is 0 Å². The average molecular weight is 277 g/mol. The van der Waals surface area contributed by atoms with Crippen LogP contribution in [0.2, 0.25) is 5.02 Å². The molecule has 0 saturated heterocycles. The standard InChI is InChI=1S/C14H17ClN4/c1-4-12-18-13(16-3)8-14(19-12)17-11-7-10(15)6-5-9(11)2/h5-8H,4H2,1-3H3,(H2,16,17,18,19). The molecule has 2 rings (SSSR count). The third-order valence-corrected chi connectivity index (χ3v) is 3.04. The third-order valence-electron chi connectivity index (χ3n) is 2.81. The minimum Gasteiger partial charge on any atom is -0.373 e. The van der Waals surface area contributed by atoms with Crippen LogP contribution >= 0.6 is 11.6 Å². The lowest BCUT2D eigenvalue weighted by Gasteiger charge is -2.11. The van der Waals surface area contributed by atoms with Gasteiger partial charge in [-0.3, -0.25) is 0 Å². The molecule has 1 aromatic carbocycles. The number of hydrogen-bond acceptors (Lipinski definition) is 4. The van der Waals surface area contributed by atoms with Crippen LogP contribution in [0.25, 0.3) is 0 Å². The minimum atomic E-state index is 0.701. The molecule has 1 heterocycles. The van der Waals surface area contributed by atoms with Gasteiger partial charge in [0.15, 0.2) is 0 Å². The molecule has 0 saturated carbocycles. The Morgan fingerprint density at radius 2 is 1.89 bits per heavy atom. The molecule has 0 aliphatic rings. The first-order valence-electron chi connectivity index (χ1n) is 6.21. The van der Waals surface area contributed by atoms with Gasteiger partial charge >= 0.3 is 0 Å². The molecule has 0 fully saturated rings. The first-order chi connectivity index (χ1) is 9.12. The maximum absolute atomic E-state index is 6.02. The van der Waals surface area contributed by atoms with Crippen LogP contribution in [0.3, 0.4) is 0 Å². The fourth-order valence-corrected chi connectivity index (χ4v) is 1.89. The average Bonchev–Trinajstić information content (AvgIpc) is 2.42. The monoisotopic (exact) mass is 276 g/mol. The van der Waals surface area contributed by atoms with Gasteiger partial charge in [0, 0.05) is 30.2 Å². The van der Waals surface area contributed by atoms with Gasteiger partial charge in [0.1, 0.15) is 17.5 Å². The molecule has 100 valence electrons. The normalized spacial score (nSPS) is 10.3. The molecule has 0 atom stereocenters. The fraction of sp³-hybridized carbons (Fsp3) is 0.286. The van der Waals surface area contributed by atoms with Crippen LogP contribution in [0, 0.1) is 6.92 Å². The molecule has 19 heavy (non-hydrogen) atoms. The van der Waals surface area contributed by atoms with Gasteiger partial charge in [0.2, 0.25) is 0 Å². The molecule has 0 aliphatic heterocycles. The van der Waals surface area contributed by atoms with Gasteiger partial charge in [-0.05, 0) is 24.6 Å². The highest BCUT2D eigenvalue weighted by Gasteiger charge is 2.05. The largest absolute Gasteiger partial charge is 0.373 e. The van der Waals surface area contributed by atoms with Gasteiger partial charge in [-0.2, -0.15) is 0 Å². The fourth-order valence-electron chi connectivity index (χ4n) is 1.71. The van der Waals surface area contributed by atoms with Gasteiger partial charge in [-0.15, -0.1) is 0 Å². The summed E-state index contributed by atoms with van der Waals surface area (Å²) in [6.07, 6.45) is 0.790. The summed E-state index contributed by atoms with van der Waals surface area (Å²) >= 11 is 6.02. The van der Waals surface area contributed by atoms with Crippen molar-refractivity contribution < 1.29 is 0 Å². The Morgan fingerprint density at radius 3 is 2.58 bits per heavy atom. The number of halogens is 1. The van der Waals surface area contributed by atoms with Crippen molar-refractivity contribution in [2.45, 2.75) is 20.3 Å². The van der Waals surface area contributed by atoms with Gasteiger partial charge in [0.05, 0.1) is 0 Å². The highest BCUT2D eigenvalue weighted by molar-refractivity contribution is 6.30. The quantitative estimate of drug-likeness (QED) is 0.892. The van der Waals surface area contributed by atoms with Gasteiger partial charge in [-0.1, -0.05) is 24.6 Å². The third kappa shape index (κ3) is 3.35. The number of aryl methyl sites for hydroxylation is 2. The second-order valence-electron chi connectivity index (χ2n) is 4.24. The Hall–Kier alpha value is -1.81. The maximum atomic E-state index is 6.02. The van der Waals surface area contributed by atoms with Crippen molar-refractivity contribution in [3.8, 4) is 0 Å². The Bertz CT molecular complexity index is 561. The first-order valence-corrected chi connectivity index (χ1v) is 6.59. The Morgan fingerprint density at radius 1 is 1.16 bits per heavy atom. The van der Waals surface area contributed by atoms with Crippen molar-refractivity contribution in [3.63, 3.8) is 0 Å². The lowest BCUT2D eigenvalue weighted by molar-refractivity contribution is 0.944. The summed E-state index contributed by atoms with van der Waals surface area (Å²) < 4.78 is 0. The number of benzene rings is 1. The van der Waals surface area contributed by atoms with Gasteiger partial charge in [0.25, 0.3) is 0 Å². The molecule has 0 amide bonds. The second kappa shape index (κ2) is 5.89. The molecule has 1 aromatic heterocycles. The van der Waals surface area contributed by atoms with Gasteiger partial charge < -0.3 is 10.6 Å². The summed E-state index contributed by atoms with van der Waals surface area (Å²) in [5.41, 5.74) is 2.07. The topological polar surface area (TPSA) is 49.8 Å². The molecule has 0 aliphatic carbocycles. The number of hydrogen-bond donors (Lipinski definition) is 2. The molecule has 0 unspecified atom stereocenters. The minimum absolute atomic E-state index is 0.701. The molecular weight excluding hydrogens is 260 g/mol. The summed E-state index contributed by atoms with van der Waals surface area (Å²) in [6, 6.07) is 7.62. The molecule has 5 heteroatoms. The van der Waals surface area contributed by atoms with E-state index < -0.39 is 0 Å². The highest BCUT2D eigenvalue weighted by Crippen LogP contribution is 2.24. The van der Waals surface area contributed by atoms with Gasteiger partial charge in [-0.25, -0.2) is 9.97 Å². The second-order valence-corrected chi connectivity index (χ2v) is 4.68. The van der Waals surface area contributed by atoms with E-state index >= 15 is 0 Å². The molecule has 2 aromatic rings. The van der Waals surface area contributed by atoms with Crippen molar-refractivity contribution in [1.29, 1.82) is 0 Å². The van der Waals surface area contributed by atoms with E-state index in [9.17, 15) is 0 Å². The Balaban J connectivity index is 2.34. The molecular formula is C14H17ClN4. The molecule has 0 bridgehead atoms. The lowest BCUT2D eigenvalue weighted by Crippen LogP contribution is -2.03. The van der Waals surface area contributed by atoms with E-state index in [0.29, 0.717) is 5.02 Å². The predicted molar refractivity (Wildman–Crippen MR) is 80.4 cm³/mol. The van der Waals surface area contributed by atoms with E-state index in [2.05, 4.69) is 20.6 Å². The van der Waals surface area contributed by atoms with Crippen LogP contribution in [-0.2, 0) is 6.42 Å². The van der Waals surface area contributed by atoms with Crippen LogP contribution in [0.15, 0.2) is 24.3 Å². The number of nitrogens with zero attached hydrogens (tertiary/aromatic N) is 2. The summed E-state index contributed by atoms with van der Waals surface area (Å²) in [7, 11) is 1.84. The zero-order valence-electron chi connectivity index (χ0n) is 11.3. The summed E-state index contributed by atoms with van der Waals surface area (Å²) in [5.74, 6) is 2.37. The van der Waals surface area contributed by atoms with Crippen molar-refractivity contribution in [2.24, 2.45) is 0 Å². The van der Waals surface area contributed by atoms with Crippen molar-refractivity contribution in [1.82, 2.24) is 9.97 Å². The number of rotatable bonds is 4. The number of aromatic nitrogens is 2. The van der Waals surface area contributed by atoms with Crippen molar-refractivity contribution >= 4 is 28.9 Å². The summed E-state index contributed by atoms with van der Waals surface area (Å²) in [6.45, 7) is 4.06. The van der Waals surface area contributed by atoms with Crippen LogP contribution in [0.4, 0.5) is 17.3 Å². The van der Waals surface area contributed by atoms with E-state index in [1.807, 2.05) is 45.2 Å². The smallest absolute Gasteiger partial charge is 0.136 e. The number of anilines is 3. The zero-order chi connectivity index (χ0) is 13.8. The maximum Gasteiger partial charge on any atom is 0.136 e. The predicted octanol–water partition coefficient (Wildman–Crippen LogP) is 3.79. The lowest BCUT2D eigenvalue weighted by atomic mass is 10.2. The summed E-state index contributed by atoms with van der Waals surface area (Å²) in [5, 5.41) is 7.02. The number of nitrogens with one attached hydrogen (secondary N) is 2. The Labute approximate surface area is 118 Å². The van der Waals surface area contributed by atoms with Crippen LogP contribution in [0.1, 0.15) is 18.3 Å². The van der Waals surface area contributed by atoms with Crippen LogP contribution < -0.4 is 10.6 Å². The zero-order valence-corrected chi connectivity index (χ0v) is 12.0. The van der Waals surface area contributed by atoms with Crippen LogP contribution in [0.5, 0.6) is 0 Å².